The molecule has 0 fully saturated rings. The third kappa shape index (κ3) is 1.89. The molecule has 0 amide bonds. The van der Waals surface area contributed by atoms with E-state index < -0.39 is 12.4 Å². The molecular formula is C10H10F2O2. The average Bonchev–Trinajstić information content (AvgIpc) is 2.01. The second kappa shape index (κ2) is 3.74. The van der Waals surface area contributed by atoms with Crippen LogP contribution in [-0.2, 0) is 0 Å². The number of carboxylic acids is 1. The molecule has 1 aromatic rings. The number of aromatic carboxylic acids is 1. The Hall–Kier alpha value is -1.45. The number of hydrogen-bond acceptors (Lipinski definition) is 1. The van der Waals surface area contributed by atoms with Gasteiger partial charge in [0.2, 0.25) is 0 Å². The van der Waals surface area contributed by atoms with Crippen LogP contribution < -0.4 is 0 Å². The summed E-state index contributed by atoms with van der Waals surface area (Å²) < 4.78 is 24.9. The molecule has 0 unspecified atom stereocenters. The number of carboxylic acid groups (broad SMARTS) is 1. The largest absolute Gasteiger partial charge is 0.478 e. The van der Waals surface area contributed by atoms with Gasteiger partial charge in [0.25, 0.3) is 6.43 Å². The summed E-state index contributed by atoms with van der Waals surface area (Å²) in [7, 11) is 0. The van der Waals surface area contributed by atoms with E-state index in [4.69, 9.17) is 5.11 Å². The molecule has 76 valence electrons. The summed E-state index contributed by atoms with van der Waals surface area (Å²) in [6.07, 6.45) is -2.56. The zero-order valence-corrected chi connectivity index (χ0v) is 7.84. The SMILES string of the molecule is Cc1cc(C(=O)O)cc(C)c1C(F)F. The van der Waals surface area contributed by atoms with Gasteiger partial charge < -0.3 is 5.11 Å². The van der Waals surface area contributed by atoms with Crippen molar-refractivity contribution in [3.8, 4) is 0 Å². The summed E-state index contributed by atoms with van der Waals surface area (Å²) in [6.45, 7) is 2.97. The number of rotatable bonds is 2. The van der Waals surface area contributed by atoms with Crippen molar-refractivity contribution < 1.29 is 18.7 Å². The first-order valence-corrected chi connectivity index (χ1v) is 4.06. The van der Waals surface area contributed by atoms with Crippen LogP contribution in [0.15, 0.2) is 12.1 Å². The predicted molar refractivity (Wildman–Crippen MR) is 47.8 cm³/mol. The minimum Gasteiger partial charge on any atom is -0.478 e. The van der Waals surface area contributed by atoms with E-state index in [0.29, 0.717) is 11.1 Å². The fourth-order valence-electron chi connectivity index (χ4n) is 1.44. The lowest BCUT2D eigenvalue weighted by Crippen LogP contribution is -2.01. The van der Waals surface area contributed by atoms with E-state index in [1.54, 1.807) is 0 Å². The second-order valence-corrected chi connectivity index (χ2v) is 3.13. The highest BCUT2D eigenvalue weighted by Crippen LogP contribution is 2.27. The maximum Gasteiger partial charge on any atom is 0.335 e. The predicted octanol–water partition coefficient (Wildman–Crippen LogP) is 2.94. The van der Waals surface area contributed by atoms with Crippen LogP contribution >= 0.6 is 0 Å². The fourth-order valence-corrected chi connectivity index (χ4v) is 1.44. The van der Waals surface area contributed by atoms with Crippen LogP contribution in [-0.4, -0.2) is 11.1 Å². The molecule has 0 saturated carbocycles. The van der Waals surface area contributed by atoms with Gasteiger partial charge in [-0.3, -0.25) is 0 Å². The molecule has 4 heteroatoms. The molecule has 14 heavy (non-hydrogen) atoms. The molecular weight excluding hydrogens is 190 g/mol. The molecule has 0 radical (unpaired) electrons. The highest BCUT2D eigenvalue weighted by molar-refractivity contribution is 5.88. The first-order valence-electron chi connectivity index (χ1n) is 4.06. The van der Waals surface area contributed by atoms with Crippen molar-refractivity contribution >= 4 is 5.97 Å². The van der Waals surface area contributed by atoms with E-state index in [-0.39, 0.29) is 11.1 Å². The monoisotopic (exact) mass is 200 g/mol. The van der Waals surface area contributed by atoms with E-state index >= 15 is 0 Å². The maximum atomic E-state index is 12.5. The Morgan fingerprint density at radius 3 is 2.00 bits per heavy atom. The van der Waals surface area contributed by atoms with Gasteiger partial charge in [-0.1, -0.05) is 0 Å². The minimum absolute atomic E-state index is 0.0457. The van der Waals surface area contributed by atoms with Gasteiger partial charge in [0.05, 0.1) is 5.56 Å². The highest BCUT2D eigenvalue weighted by atomic mass is 19.3. The summed E-state index contributed by atoms with van der Waals surface area (Å²) >= 11 is 0. The third-order valence-electron chi connectivity index (χ3n) is 2.06. The van der Waals surface area contributed by atoms with Gasteiger partial charge in [0, 0.05) is 5.56 Å². The molecule has 0 atom stereocenters. The molecule has 0 bridgehead atoms. The van der Waals surface area contributed by atoms with Crippen molar-refractivity contribution in [2.75, 3.05) is 0 Å². The first kappa shape index (κ1) is 10.6. The third-order valence-corrected chi connectivity index (χ3v) is 2.06. The Morgan fingerprint density at radius 2 is 1.71 bits per heavy atom. The molecule has 1 rings (SSSR count). The molecule has 1 aromatic carbocycles. The van der Waals surface area contributed by atoms with Crippen molar-refractivity contribution in [2.24, 2.45) is 0 Å². The average molecular weight is 200 g/mol. The van der Waals surface area contributed by atoms with Crippen LogP contribution in [0, 0.1) is 13.8 Å². The molecule has 0 saturated heterocycles. The van der Waals surface area contributed by atoms with Crippen molar-refractivity contribution in [3.63, 3.8) is 0 Å². The molecule has 0 aliphatic heterocycles. The van der Waals surface area contributed by atoms with Crippen LogP contribution in [0.25, 0.3) is 0 Å². The number of hydrogen-bond donors (Lipinski definition) is 1. The summed E-state index contributed by atoms with van der Waals surface area (Å²) in [5.41, 5.74) is 0.606. The topological polar surface area (TPSA) is 37.3 Å². The molecule has 0 aliphatic carbocycles. The van der Waals surface area contributed by atoms with Crippen molar-refractivity contribution in [2.45, 2.75) is 20.3 Å². The minimum atomic E-state index is -2.56. The normalized spacial score (nSPS) is 10.6. The van der Waals surface area contributed by atoms with Gasteiger partial charge in [-0.2, -0.15) is 0 Å². The van der Waals surface area contributed by atoms with Gasteiger partial charge in [0.1, 0.15) is 0 Å². The molecule has 0 aliphatic rings. The number of aryl methyl sites for hydroxylation is 2. The molecule has 2 nitrogen and oxygen atoms in total. The lowest BCUT2D eigenvalue weighted by molar-refractivity contribution is 0.0696. The van der Waals surface area contributed by atoms with Crippen LogP contribution in [0.3, 0.4) is 0 Å². The zero-order chi connectivity index (χ0) is 10.9. The first-order chi connectivity index (χ1) is 6.43. The highest BCUT2D eigenvalue weighted by Gasteiger charge is 2.16. The lowest BCUT2D eigenvalue weighted by atomic mass is 10.00. The number of halogens is 2. The lowest BCUT2D eigenvalue weighted by Gasteiger charge is -2.09. The quantitative estimate of drug-likeness (QED) is 0.796. The summed E-state index contributed by atoms with van der Waals surface area (Å²) in [6, 6.07) is 2.52. The Labute approximate surface area is 80.2 Å². The van der Waals surface area contributed by atoms with E-state index in [9.17, 15) is 13.6 Å². The maximum absolute atomic E-state index is 12.5. The molecule has 0 aromatic heterocycles. The van der Waals surface area contributed by atoms with Gasteiger partial charge in [-0.05, 0) is 37.1 Å². The van der Waals surface area contributed by atoms with Crippen LogP contribution in [0.4, 0.5) is 8.78 Å². The van der Waals surface area contributed by atoms with E-state index in [1.165, 1.54) is 26.0 Å². The van der Waals surface area contributed by atoms with Crippen molar-refractivity contribution in [1.29, 1.82) is 0 Å². The summed E-state index contributed by atoms with van der Waals surface area (Å²) in [4.78, 5) is 10.6. The molecule has 1 N–H and O–H groups in total. The fraction of sp³-hybridized carbons (Fsp3) is 0.300. The number of carbonyl (C=O) groups is 1. The van der Waals surface area contributed by atoms with Crippen molar-refractivity contribution in [3.05, 3.63) is 34.4 Å². The number of alkyl halides is 2. The van der Waals surface area contributed by atoms with Crippen molar-refractivity contribution in [1.82, 2.24) is 0 Å². The molecule has 0 spiro atoms. The van der Waals surface area contributed by atoms with E-state index in [1.807, 2.05) is 0 Å². The Balaban J connectivity index is 3.32. The van der Waals surface area contributed by atoms with Crippen LogP contribution in [0.5, 0.6) is 0 Å². The Kier molecular flexibility index (Phi) is 2.84. The van der Waals surface area contributed by atoms with Gasteiger partial charge in [-0.25, -0.2) is 13.6 Å². The summed E-state index contributed by atoms with van der Waals surface area (Å²) in [5.74, 6) is -1.10. The smallest absolute Gasteiger partial charge is 0.335 e. The standard InChI is InChI=1S/C10H10F2O2/c1-5-3-7(10(13)14)4-6(2)8(5)9(11)12/h3-4,9H,1-2H3,(H,13,14). The van der Waals surface area contributed by atoms with Gasteiger partial charge in [-0.15, -0.1) is 0 Å². The van der Waals surface area contributed by atoms with E-state index in [0.717, 1.165) is 0 Å². The number of benzene rings is 1. The second-order valence-electron chi connectivity index (χ2n) is 3.13. The van der Waals surface area contributed by atoms with Crippen LogP contribution in [0.1, 0.15) is 33.5 Å². The summed E-state index contributed by atoms with van der Waals surface area (Å²) in [5, 5.41) is 8.68. The van der Waals surface area contributed by atoms with Gasteiger partial charge in [0.15, 0.2) is 0 Å². The zero-order valence-electron chi connectivity index (χ0n) is 7.84. The van der Waals surface area contributed by atoms with E-state index in [2.05, 4.69) is 0 Å². The van der Waals surface area contributed by atoms with Crippen LogP contribution in [0.2, 0.25) is 0 Å². The molecule has 0 heterocycles. The van der Waals surface area contributed by atoms with Gasteiger partial charge >= 0.3 is 5.97 Å². The Morgan fingerprint density at radius 1 is 1.29 bits per heavy atom. The Bertz CT molecular complexity index is 349.